The van der Waals surface area contributed by atoms with Crippen LogP contribution in [-0.4, -0.2) is 19.4 Å². The second-order valence-electron chi connectivity index (χ2n) is 4.82. The Morgan fingerprint density at radius 3 is 2.78 bits per heavy atom. The van der Waals surface area contributed by atoms with E-state index < -0.39 is 0 Å². The summed E-state index contributed by atoms with van der Waals surface area (Å²) in [6.45, 7) is 3.98. The lowest BCUT2D eigenvalue weighted by Gasteiger charge is -2.12. The maximum Gasteiger partial charge on any atom is 0.231 e. The van der Waals surface area contributed by atoms with Crippen LogP contribution in [0, 0.1) is 0 Å². The third-order valence-corrected chi connectivity index (χ3v) is 3.18. The number of nitrogens with one attached hydrogen (secondary N) is 1. The average Bonchev–Trinajstić information content (AvgIpc) is 3.10. The third-order valence-electron chi connectivity index (χ3n) is 3.18. The molecule has 1 aliphatic heterocycles. The Bertz CT molecular complexity index is 429. The van der Waals surface area contributed by atoms with Crippen LogP contribution in [0.25, 0.3) is 0 Å². The van der Waals surface area contributed by atoms with Crippen molar-refractivity contribution in [3.8, 4) is 17.2 Å². The zero-order valence-corrected chi connectivity index (χ0v) is 10.7. The summed E-state index contributed by atoms with van der Waals surface area (Å²) in [6, 6.07) is 4.67. The molecule has 0 unspecified atom stereocenters. The van der Waals surface area contributed by atoms with Crippen LogP contribution < -0.4 is 19.5 Å². The van der Waals surface area contributed by atoms with Crippen molar-refractivity contribution in [1.82, 2.24) is 5.32 Å². The minimum absolute atomic E-state index is 0.308. The van der Waals surface area contributed by atoms with Crippen LogP contribution in [0.4, 0.5) is 0 Å². The fourth-order valence-corrected chi connectivity index (χ4v) is 1.99. The molecular weight excluding hydrogens is 230 g/mol. The molecule has 0 bridgehead atoms. The highest BCUT2D eigenvalue weighted by Crippen LogP contribution is 2.38. The van der Waals surface area contributed by atoms with E-state index in [4.69, 9.17) is 14.2 Å². The highest BCUT2D eigenvalue weighted by Gasteiger charge is 2.22. The topological polar surface area (TPSA) is 39.7 Å². The molecular formula is C14H19NO3. The Morgan fingerprint density at radius 1 is 1.28 bits per heavy atom. The summed E-state index contributed by atoms with van der Waals surface area (Å²) in [6.07, 6.45) is 3.58. The molecule has 4 heteroatoms. The predicted molar refractivity (Wildman–Crippen MR) is 68.2 cm³/mol. The number of fused-ring (bicyclic) bond motifs is 1. The first kappa shape index (κ1) is 11.7. The van der Waals surface area contributed by atoms with E-state index in [2.05, 4.69) is 12.2 Å². The van der Waals surface area contributed by atoms with Gasteiger partial charge in [0.1, 0.15) is 5.75 Å². The summed E-state index contributed by atoms with van der Waals surface area (Å²) in [5.74, 6) is 2.52. The molecule has 18 heavy (non-hydrogen) atoms. The first-order chi connectivity index (χ1) is 8.86. The Balaban J connectivity index is 1.78. The molecule has 1 saturated carbocycles. The summed E-state index contributed by atoms with van der Waals surface area (Å²) in [5.41, 5.74) is 1.15. The largest absolute Gasteiger partial charge is 0.493 e. The Labute approximate surface area is 107 Å². The molecule has 0 radical (unpaired) electrons. The van der Waals surface area contributed by atoms with Gasteiger partial charge in [0.05, 0.1) is 6.61 Å². The van der Waals surface area contributed by atoms with Gasteiger partial charge in [0, 0.05) is 24.2 Å². The van der Waals surface area contributed by atoms with Crippen molar-refractivity contribution < 1.29 is 14.2 Å². The van der Waals surface area contributed by atoms with E-state index in [-0.39, 0.29) is 0 Å². The SMILES string of the molecule is CCCOc1cc2c(cc1CNC1CC1)OCO2. The van der Waals surface area contributed by atoms with Gasteiger partial charge in [-0.1, -0.05) is 6.92 Å². The highest BCUT2D eigenvalue weighted by atomic mass is 16.7. The van der Waals surface area contributed by atoms with E-state index in [0.717, 1.165) is 42.4 Å². The van der Waals surface area contributed by atoms with Gasteiger partial charge in [-0.15, -0.1) is 0 Å². The standard InChI is InChI=1S/C14H19NO3/c1-2-5-16-12-7-14-13(17-9-18-14)6-10(12)8-15-11-3-4-11/h6-7,11,15H,2-5,8-9H2,1H3. The van der Waals surface area contributed by atoms with E-state index in [1.807, 2.05) is 12.1 Å². The summed E-state index contributed by atoms with van der Waals surface area (Å²) in [4.78, 5) is 0. The van der Waals surface area contributed by atoms with Crippen LogP contribution in [-0.2, 0) is 6.54 Å². The van der Waals surface area contributed by atoms with Gasteiger partial charge in [-0.3, -0.25) is 0 Å². The van der Waals surface area contributed by atoms with E-state index in [9.17, 15) is 0 Å². The lowest BCUT2D eigenvalue weighted by Crippen LogP contribution is -2.16. The van der Waals surface area contributed by atoms with E-state index in [1.54, 1.807) is 0 Å². The van der Waals surface area contributed by atoms with Gasteiger partial charge in [0.15, 0.2) is 11.5 Å². The van der Waals surface area contributed by atoms with Crippen LogP contribution in [0.15, 0.2) is 12.1 Å². The molecule has 4 nitrogen and oxygen atoms in total. The number of benzene rings is 1. The quantitative estimate of drug-likeness (QED) is 0.840. The maximum absolute atomic E-state index is 5.79. The Morgan fingerprint density at radius 2 is 2.06 bits per heavy atom. The average molecular weight is 249 g/mol. The van der Waals surface area contributed by atoms with Gasteiger partial charge < -0.3 is 19.5 Å². The van der Waals surface area contributed by atoms with E-state index >= 15 is 0 Å². The van der Waals surface area contributed by atoms with Crippen molar-refractivity contribution in [3.63, 3.8) is 0 Å². The van der Waals surface area contributed by atoms with Gasteiger partial charge in [0.2, 0.25) is 6.79 Å². The molecule has 0 saturated heterocycles. The zero-order valence-electron chi connectivity index (χ0n) is 10.7. The number of rotatable bonds is 6. The van der Waals surface area contributed by atoms with Crippen LogP contribution in [0.5, 0.6) is 17.2 Å². The second kappa shape index (κ2) is 5.06. The third kappa shape index (κ3) is 2.53. The van der Waals surface area contributed by atoms with E-state index in [1.165, 1.54) is 12.8 Å². The minimum atomic E-state index is 0.308. The number of hydrogen-bond acceptors (Lipinski definition) is 4. The molecule has 0 atom stereocenters. The molecule has 98 valence electrons. The highest BCUT2D eigenvalue weighted by molar-refractivity contribution is 5.51. The fourth-order valence-electron chi connectivity index (χ4n) is 1.99. The molecule has 0 amide bonds. The van der Waals surface area contributed by atoms with Gasteiger partial charge in [0.25, 0.3) is 0 Å². The minimum Gasteiger partial charge on any atom is -0.493 e. The van der Waals surface area contributed by atoms with Crippen LogP contribution in [0.3, 0.4) is 0 Å². The summed E-state index contributed by atoms with van der Waals surface area (Å²) in [5, 5.41) is 3.50. The Kier molecular flexibility index (Phi) is 3.28. The maximum atomic E-state index is 5.79. The second-order valence-corrected chi connectivity index (χ2v) is 4.82. The van der Waals surface area contributed by atoms with Crippen molar-refractivity contribution in [2.75, 3.05) is 13.4 Å². The normalized spacial score (nSPS) is 16.9. The lowest BCUT2D eigenvalue weighted by molar-refractivity contribution is 0.173. The van der Waals surface area contributed by atoms with Crippen molar-refractivity contribution >= 4 is 0 Å². The molecule has 1 aromatic rings. The number of ether oxygens (including phenoxy) is 3. The smallest absolute Gasteiger partial charge is 0.231 e. The lowest BCUT2D eigenvalue weighted by atomic mass is 10.1. The first-order valence-electron chi connectivity index (χ1n) is 6.65. The number of hydrogen-bond donors (Lipinski definition) is 1. The molecule has 3 rings (SSSR count). The van der Waals surface area contributed by atoms with Crippen molar-refractivity contribution in [2.45, 2.75) is 38.8 Å². The van der Waals surface area contributed by atoms with Crippen LogP contribution >= 0.6 is 0 Å². The molecule has 2 aliphatic rings. The molecule has 1 aromatic carbocycles. The van der Waals surface area contributed by atoms with Gasteiger partial charge >= 0.3 is 0 Å². The van der Waals surface area contributed by atoms with Crippen LogP contribution in [0.1, 0.15) is 31.7 Å². The predicted octanol–water partition coefficient (Wildman–Crippen LogP) is 2.46. The molecule has 0 spiro atoms. The summed E-state index contributed by atoms with van der Waals surface area (Å²) < 4.78 is 16.6. The first-order valence-corrected chi connectivity index (χ1v) is 6.65. The summed E-state index contributed by atoms with van der Waals surface area (Å²) >= 11 is 0. The van der Waals surface area contributed by atoms with Crippen LogP contribution in [0.2, 0.25) is 0 Å². The van der Waals surface area contributed by atoms with Crippen molar-refractivity contribution in [2.24, 2.45) is 0 Å². The summed E-state index contributed by atoms with van der Waals surface area (Å²) in [7, 11) is 0. The van der Waals surface area contributed by atoms with Crippen molar-refractivity contribution in [3.05, 3.63) is 17.7 Å². The Hall–Kier alpha value is -1.42. The van der Waals surface area contributed by atoms with Crippen molar-refractivity contribution in [1.29, 1.82) is 0 Å². The van der Waals surface area contributed by atoms with Gasteiger partial charge in [-0.25, -0.2) is 0 Å². The zero-order chi connectivity index (χ0) is 12.4. The fraction of sp³-hybridized carbons (Fsp3) is 0.571. The monoisotopic (exact) mass is 249 g/mol. The molecule has 0 aromatic heterocycles. The molecule has 1 aliphatic carbocycles. The molecule has 1 heterocycles. The molecule has 1 N–H and O–H groups in total. The van der Waals surface area contributed by atoms with Gasteiger partial charge in [-0.05, 0) is 25.3 Å². The van der Waals surface area contributed by atoms with Gasteiger partial charge in [-0.2, -0.15) is 0 Å². The molecule has 1 fully saturated rings. The van der Waals surface area contributed by atoms with E-state index in [0.29, 0.717) is 12.8 Å².